The molecule has 0 aliphatic rings. The van der Waals surface area contributed by atoms with Crippen molar-refractivity contribution in [2.45, 2.75) is 25.7 Å². The number of nitrogens with two attached hydrogens (primary N) is 1. The van der Waals surface area contributed by atoms with Crippen molar-refractivity contribution in [1.82, 2.24) is 0 Å². The van der Waals surface area contributed by atoms with E-state index in [-0.39, 0.29) is 11.7 Å². The van der Waals surface area contributed by atoms with E-state index in [0.717, 1.165) is 18.4 Å². The Morgan fingerprint density at radius 3 is 2.05 bits per heavy atom. The second-order valence-corrected chi connectivity index (χ2v) is 4.86. The molecule has 1 unspecified atom stereocenters. The maximum absolute atomic E-state index is 12.9. The largest absolute Gasteiger partial charge is 0.330 e. The molecule has 0 fully saturated rings. The van der Waals surface area contributed by atoms with Crippen LogP contribution in [0.1, 0.15) is 29.5 Å². The molecule has 2 aromatic carbocycles. The zero-order valence-corrected chi connectivity index (χ0v) is 11.3. The Balaban J connectivity index is 2.12. The Kier molecular flexibility index (Phi) is 4.69. The van der Waals surface area contributed by atoms with Gasteiger partial charge in [-0.25, -0.2) is 4.39 Å². The third kappa shape index (κ3) is 3.65. The Morgan fingerprint density at radius 1 is 0.947 bits per heavy atom. The topological polar surface area (TPSA) is 26.0 Å². The van der Waals surface area contributed by atoms with Crippen molar-refractivity contribution in [3.05, 3.63) is 71.0 Å². The molecular formula is C17H20FN. The van der Waals surface area contributed by atoms with Gasteiger partial charge in [-0.1, -0.05) is 43.3 Å². The Hall–Kier alpha value is -1.67. The molecule has 1 nitrogen and oxygen atoms in total. The molecule has 0 bridgehead atoms. The third-order valence-electron chi connectivity index (χ3n) is 3.54. The minimum absolute atomic E-state index is 0.194. The van der Waals surface area contributed by atoms with Crippen molar-refractivity contribution in [1.29, 1.82) is 0 Å². The van der Waals surface area contributed by atoms with Crippen molar-refractivity contribution in [3.63, 3.8) is 0 Å². The first-order valence-electron chi connectivity index (χ1n) is 6.76. The predicted molar refractivity (Wildman–Crippen MR) is 77.7 cm³/mol. The third-order valence-corrected chi connectivity index (χ3v) is 3.54. The molecule has 2 heteroatoms. The highest BCUT2D eigenvalue weighted by Gasteiger charge is 2.10. The highest BCUT2D eigenvalue weighted by Crippen LogP contribution is 2.21. The van der Waals surface area contributed by atoms with E-state index >= 15 is 0 Å². The van der Waals surface area contributed by atoms with Crippen molar-refractivity contribution in [3.8, 4) is 0 Å². The molecule has 0 heterocycles. The van der Waals surface area contributed by atoms with Gasteiger partial charge in [-0.05, 0) is 48.2 Å². The summed E-state index contributed by atoms with van der Waals surface area (Å²) in [6.45, 7) is 2.75. The summed E-state index contributed by atoms with van der Waals surface area (Å²) >= 11 is 0. The van der Waals surface area contributed by atoms with Crippen molar-refractivity contribution >= 4 is 0 Å². The van der Waals surface area contributed by atoms with Gasteiger partial charge in [0.1, 0.15) is 5.82 Å². The second kappa shape index (κ2) is 6.48. The summed E-state index contributed by atoms with van der Waals surface area (Å²) in [7, 11) is 0. The molecule has 100 valence electrons. The number of benzene rings is 2. The summed E-state index contributed by atoms with van der Waals surface area (Å²) in [6, 6.07) is 15.3. The van der Waals surface area contributed by atoms with Crippen LogP contribution in [-0.4, -0.2) is 6.54 Å². The van der Waals surface area contributed by atoms with Crippen LogP contribution < -0.4 is 5.73 Å². The lowest BCUT2D eigenvalue weighted by Gasteiger charge is -2.16. The second-order valence-electron chi connectivity index (χ2n) is 4.86. The molecule has 0 aliphatic heterocycles. The summed E-state index contributed by atoms with van der Waals surface area (Å²) in [6.07, 6.45) is 1.90. The Morgan fingerprint density at radius 2 is 1.53 bits per heavy atom. The maximum Gasteiger partial charge on any atom is 0.123 e. The van der Waals surface area contributed by atoms with Gasteiger partial charge in [0, 0.05) is 5.92 Å². The molecule has 0 saturated carbocycles. The lowest BCUT2D eigenvalue weighted by molar-refractivity contribution is 0.625. The van der Waals surface area contributed by atoms with Gasteiger partial charge in [-0.3, -0.25) is 0 Å². The molecule has 0 aliphatic carbocycles. The van der Waals surface area contributed by atoms with Gasteiger partial charge >= 0.3 is 0 Å². The molecule has 2 rings (SSSR count). The Labute approximate surface area is 114 Å². The van der Waals surface area contributed by atoms with Gasteiger partial charge in [0.25, 0.3) is 0 Å². The standard InChI is InChI=1S/C17H20FN/c1-2-13-3-7-15(8-4-13)16(12-19)11-14-5-9-17(18)10-6-14/h3-10,16H,2,11-12,19H2,1H3. The van der Waals surface area contributed by atoms with Crippen molar-refractivity contribution in [2.75, 3.05) is 6.54 Å². The van der Waals surface area contributed by atoms with Crippen LogP contribution in [0, 0.1) is 5.82 Å². The number of rotatable bonds is 5. The van der Waals surface area contributed by atoms with Crippen molar-refractivity contribution < 1.29 is 4.39 Å². The Bertz CT molecular complexity index is 502. The van der Waals surface area contributed by atoms with E-state index in [2.05, 4.69) is 31.2 Å². The van der Waals surface area contributed by atoms with E-state index < -0.39 is 0 Å². The molecule has 0 aromatic heterocycles. The molecule has 2 aromatic rings. The van der Waals surface area contributed by atoms with Gasteiger partial charge < -0.3 is 5.73 Å². The normalized spacial score (nSPS) is 12.4. The van der Waals surface area contributed by atoms with Gasteiger partial charge in [0.05, 0.1) is 0 Å². The first-order chi connectivity index (χ1) is 9.22. The highest BCUT2D eigenvalue weighted by atomic mass is 19.1. The zero-order valence-electron chi connectivity index (χ0n) is 11.3. The quantitative estimate of drug-likeness (QED) is 0.869. The van der Waals surface area contributed by atoms with Crippen LogP contribution in [0.15, 0.2) is 48.5 Å². The minimum Gasteiger partial charge on any atom is -0.330 e. The summed E-state index contributed by atoms with van der Waals surface area (Å²) in [5.74, 6) is 0.0942. The SMILES string of the molecule is CCc1ccc(C(CN)Cc2ccc(F)cc2)cc1. The fraction of sp³-hybridized carbons (Fsp3) is 0.294. The lowest BCUT2D eigenvalue weighted by Crippen LogP contribution is -2.15. The summed E-state index contributed by atoms with van der Waals surface area (Å²) in [4.78, 5) is 0. The maximum atomic E-state index is 12.9. The zero-order chi connectivity index (χ0) is 13.7. The summed E-state index contributed by atoms with van der Waals surface area (Å²) < 4.78 is 12.9. The average molecular weight is 257 g/mol. The highest BCUT2D eigenvalue weighted by molar-refractivity contribution is 5.28. The molecule has 2 N–H and O–H groups in total. The molecular weight excluding hydrogens is 237 g/mol. The summed E-state index contributed by atoms with van der Waals surface area (Å²) in [5.41, 5.74) is 9.59. The van der Waals surface area contributed by atoms with Crippen LogP contribution >= 0.6 is 0 Å². The molecule has 1 atom stereocenters. The lowest BCUT2D eigenvalue weighted by atomic mass is 9.91. The first kappa shape index (κ1) is 13.8. The summed E-state index contributed by atoms with van der Waals surface area (Å²) in [5, 5.41) is 0. The first-order valence-corrected chi connectivity index (χ1v) is 6.76. The molecule has 0 saturated heterocycles. The number of hydrogen-bond donors (Lipinski definition) is 1. The van der Waals surface area contributed by atoms with E-state index in [1.807, 2.05) is 12.1 Å². The van der Waals surface area contributed by atoms with E-state index in [4.69, 9.17) is 5.73 Å². The van der Waals surface area contributed by atoms with E-state index in [0.29, 0.717) is 6.54 Å². The van der Waals surface area contributed by atoms with Crippen LogP contribution in [0.25, 0.3) is 0 Å². The number of hydrogen-bond acceptors (Lipinski definition) is 1. The van der Waals surface area contributed by atoms with Crippen LogP contribution in [0.3, 0.4) is 0 Å². The van der Waals surface area contributed by atoms with E-state index in [1.165, 1.54) is 23.3 Å². The molecule has 0 radical (unpaired) electrons. The van der Waals surface area contributed by atoms with Crippen LogP contribution in [0.2, 0.25) is 0 Å². The van der Waals surface area contributed by atoms with Gasteiger partial charge in [-0.15, -0.1) is 0 Å². The molecule has 0 amide bonds. The fourth-order valence-corrected chi connectivity index (χ4v) is 2.27. The van der Waals surface area contributed by atoms with Gasteiger partial charge in [0.15, 0.2) is 0 Å². The fourth-order valence-electron chi connectivity index (χ4n) is 2.27. The molecule has 0 spiro atoms. The average Bonchev–Trinajstić information content (AvgIpc) is 2.47. The monoisotopic (exact) mass is 257 g/mol. The van der Waals surface area contributed by atoms with Gasteiger partial charge in [-0.2, -0.15) is 0 Å². The van der Waals surface area contributed by atoms with Crippen molar-refractivity contribution in [2.24, 2.45) is 5.73 Å². The van der Waals surface area contributed by atoms with Crippen LogP contribution in [-0.2, 0) is 12.8 Å². The number of aryl methyl sites for hydroxylation is 1. The van der Waals surface area contributed by atoms with E-state index in [1.54, 1.807) is 0 Å². The molecule has 19 heavy (non-hydrogen) atoms. The van der Waals surface area contributed by atoms with Crippen LogP contribution in [0.4, 0.5) is 4.39 Å². The predicted octanol–water partition coefficient (Wildman–Crippen LogP) is 3.67. The number of halogens is 1. The van der Waals surface area contributed by atoms with E-state index in [9.17, 15) is 4.39 Å². The van der Waals surface area contributed by atoms with Crippen LogP contribution in [0.5, 0.6) is 0 Å². The van der Waals surface area contributed by atoms with Gasteiger partial charge in [0.2, 0.25) is 0 Å². The minimum atomic E-state index is -0.194. The smallest absolute Gasteiger partial charge is 0.123 e.